The smallest absolute Gasteiger partial charge is 0.341 e. The Morgan fingerprint density at radius 2 is 1.93 bits per heavy atom. The zero-order valence-electron chi connectivity index (χ0n) is 15.5. The number of carbonyl (C=O) groups is 2. The number of rotatable bonds is 6. The Bertz CT molecular complexity index is 1150. The Morgan fingerprint density at radius 1 is 1.17 bits per heavy atom. The lowest BCUT2D eigenvalue weighted by Gasteiger charge is -2.09. The number of anilines is 1. The minimum absolute atomic E-state index is 0.116. The van der Waals surface area contributed by atoms with Crippen molar-refractivity contribution in [2.24, 2.45) is 0 Å². The van der Waals surface area contributed by atoms with Crippen LogP contribution in [0.2, 0.25) is 10.0 Å². The van der Waals surface area contributed by atoms with E-state index >= 15 is 0 Å². The minimum Gasteiger partial charge on any atom is -0.462 e. The van der Waals surface area contributed by atoms with Gasteiger partial charge >= 0.3 is 5.97 Å². The van der Waals surface area contributed by atoms with Gasteiger partial charge in [0.1, 0.15) is 10.6 Å². The van der Waals surface area contributed by atoms with Crippen molar-refractivity contribution in [2.45, 2.75) is 6.92 Å². The van der Waals surface area contributed by atoms with Crippen molar-refractivity contribution in [2.75, 3.05) is 11.9 Å². The van der Waals surface area contributed by atoms with Gasteiger partial charge in [0.2, 0.25) is 0 Å². The van der Waals surface area contributed by atoms with Crippen LogP contribution in [0.1, 0.15) is 27.6 Å². The Labute approximate surface area is 185 Å². The molecule has 154 valence electrons. The summed E-state index contributed by atoms with van der Waals surface area (Å²) in [6.45, 7) is 1.79. The second-order valence-corrected chi connectivity index (χ2v) is 7.66. The minimum atomic E-state index is -0.648. The van der Waals surface area contributed by atoms with Crippen LogP contribution < -0.4 is 5.32 Å². The van der Waals surface area contributed by atoms with E-state index in [0.29, 0.717) is 16.1 Å². The summed E-state index contributed by atoms with van der Waals surface area (Å²) in [6.07, 6.45) is 0. The Balaban J connectivity index is 2.02. The lowest BCUT2D eigenvalue weighted by atomic mass is 10.0. The molecular formula is C20H14Cl2N2O5S. The fourth-order valence-corrected chi connectivity index (χ4v) is 3.92. The molecule has 0 unspecified atom stereocenters. The van der Waals surface area contributed by atoms with Crippen LogP contribution in [-0.2, 0) is 4.74 Å². The summed E-state index contributed by atoms with van der Waals surface area (Å²) in [5, 5.41) is 16.2. The molecule has 7 nitrogen and oxygen atoms in total. The lowest BCUT2D eigenvalue weighted by Crippen LogP contribution is -2.14. The lowest BCUT2D eigenvalue weighted by molar-refractivity contribution is -0.384. The number of hydrogen-bond donors (Lipinski definition) is 1. The van der Waals surface area contributed by atoms with E-state index in [1.165, 1.54) is 36.4 Å². The van der Waals surface area contributed by atoms with Gasteiger partial charge in [-0.1, -0.05) is 35.3 Å². The molecule has 0 aliphatic heterocycles. The van der Waals surface area contributed by atoms with Crippen LogP contribution in [0.4, 0.5) is 10.7 Å². The number of esters is 1. The molecule has 0 aliphatic carbocycles. The number of amides is 1. The zero-order valence-corrected chi connectivity index (χ0v) is 17.8. The van der Waals surface area contributed by atoms with Gasteiger partial charge in [0, 0.05) is 28.6 Å². The molecule has 3 rings (SSSR count). The average Bonchev–Trinajstić information content (AvgIpc) is 3.13. The number of benzene rings is 2. The standard InChI is InChI=1S/C20H14Cl2N2O5S/c1-2-29-20(26)17-14(11-4-3-5-13(8-11)24(27)28)10-30-19(17)23-18(25)12-6-7-15(21)16(22)9-12/h3-10H,2H2,1H3,(H,23,25). The molecule has 0 saturated heterocycles. The van der Waals surface area contributed by atoms with Gasteiger partial charge in [-0.2, -0.15) is 0 Å². The van der Waals surface area contributed by atoms with Crippen molar-refractivity contribution in [3.05, 3.63) is 79.1 Å². The van der Waals surface area contributed by atoms with Crippen LogP contribution in [0.5, 0.6) is 0 Å². The Hall–Kier alpha value is -2.94. The maximum absolute atomic E-state index is 12.7. The number of thiophene rings is 1. The third-order valence-corrected chi connectivity index (χ3v) is 5.68. The first-order valence-corrected chi connectivity index (χ1v) is 10.2. The first-order chi connectivity index (χ1) is 14.3. The summed E-state index contributed by atoms with van der Waals surface area (Å²) in [5.74, 6) is -1.14. The topological polar surface area (TPSA) is 98.5 Å². The van der Waals surface area contributed by atoms with Crippen LogP contribution >= 0.6 is 34.5 Å². The largest absolute Gasteiger partial charge is 0.462 e. The van der Waals surface area contributed by atoms with Crippen molar-refractivity contribution in [3.8, 4) is 11.1 Å². The van der Waals surface area contributed by atoms with Crippen LogP contribution in [0.25, 0.3) is 11.1 Å². The normalized spacial score (nSPS) is 10.5. The molecule has 2 aromatic carbocycles. The van der Waals surface area contributed by atoms with Crippen molar-refractivity contribution >= 4 is 57.1 Å². The van der Waals surface area contributed by atoms with Crippen LogP contribution in [-0.4, -0.2) is 23.4 Å². The number of ether oxygens (including phenoxy) is 1. The Morgan fingerprint density at radius 3 is 2.60 bits per heavy atom. The van der Waals surface area contributed by atoms with Crippen LogP contribution in [0.3, 0.4) is 0 Å². The number of nitro groups is 1. The van der Waals surface area contributed by atoms with E-state index in [2.05, 4.69) is 5.32 Å². The summed E-state index contributed by atoms with van der Waals surface area (Å²) < 4.78 is 5.13. The Kier molecular flexibility index (Phi) is 6.71. The molecule has 1 amide bonds. The summed E-state index contributed by atoms with van der Waals surface area (Å²) in [6, 6.07) is 10.3. The van der Waals surface area contributed by atoms with Crippen LogP contribution in [0.15, 0.2) is 47.8 Å². The van der Waals surface area contributed by atoms with E-state index in [1.807, 2.05) is 0 Å². The second-order valence-electron chi connectivity index (χ2n) is 5.96. The molecule has 0 fully saturated rings. The molecule has 30 heavy (non-hydrogen) atoms. The number of halogens is 2. The number of carbonyl (C=O) groups excluding carboxylic acids is 2. The van der Waals surface area contributed by atoms with Crippen molar-refractivity contribution in [3.63, 3.8) is 0 Å². The van der Waals surface area contributed by atoms with Gasteiger partial charge in [-0.3, -0.25) is 14.9 Å². The first-order valence-electron chi connectivity index (χ1n) is 8.61. The molecule has 1 heterocycles. The number of nitrogens with zero attached hydrogens (tertiary/aromatic N) is 1. The van der Waals surface area contributed by atoms with E-state index in [-0.39, 0.29) is 33.4 Å². The van der Waals surface area contributed by atoms with Crippen molar-refractivity contribution < 1.29 is 19.2 Å². The molecule has 0 radical (unpaired) electrons. The summed E-state index contributed by atoms with van der Waals surface area (Å²) >= 11 is 13.0. The van der Waals surface area contributed by atoms with E-state index in [0.717, 1.165) is 11.3 Å². The fraction of sp³-hybridized carbons (Fsp3) is 0.100. The van der Waals surface area contributed by atoms with Gasteiger partial charge in [-0.05, 0) is 30.7 Å². The summed E-state index contributed by atoms with van der Waals surface area (Å²) in [7, 11) is 0. The van der Waals surface area contributed by atoms with E-state index < -0.39 is 16.8 Å². The van der Waals surface area contributed by atoms with Gasteiger partial charge < -0.3 is 10.1 Å². The van der Waals surface area contributed by atoms with E-state index in [9.17, 15) is 19.7 Å². The number of hydrogen-bond acceptors (Lipinski definition) is 6. The highest BCUT2D eigenvalue weighted by Gasteiger charge is 2.24. The molecule has 1 N–H and O–H groups in total. The molecule has 0 bridgehead atoms. The maximum Gasteiger partial charge on any atom is 0.341 e. The highest BCUT2D eigenvalue weighted by atomic mass is 35.5. The average molecular weight is 465 g/mol. The van der Waals surface area contributed by atoms with Gasteiger partial charge in [0.05, 0.1) is 21.6 Å². The molecule has 0 atom stereocenters. The molecule has 0 saturated carbocycles. The predicted octanol–water partition coefficient (Wildman–Crippen LogP) is 6.06. The van der Waals surface area contributed by atoms with Gasteiger partial charge in [-0.15, -0.1) is 11.3 Å². The fourth-order valence-electron chi connectivity index (χ4n) is 2.67. The maximum atomic E-state index is 12.7. The third-order valence-electron chi connectivity index (χ3n) is 4.05. The van der Waals surface area contributed by atoms with Crippen molar-refractivity contribution in [1.29, 1.82) is 0 Å². The van der Waals surface area contributed by atoms with E-state index in [1.54, 1.807) is 18.4 Å². The quantitative estimate of drug-likeness (QED) is 0.271. The summed E-state index contributed by atoms with van der Waals surface area (Å²) in [5.41, 5.74) is 1.14. The molecule has 0 aliphatic rings. The number of nitrogens with one attached hydrogen (secondary N) is 1. The molecular weight excluding hydrogens is 451 g/mol. The number of non-ortho nitro benzene ring substituents is 1. The van der Waals surface area contributed by atoms with Crippen molar-refractivity contribution in [1.82, 2.24) is 0 Å². The molecule has 3 aromatic rings. The molecule has 10 heteroatoms. The van der Waals surface area contributed by atoms with Gasteiger partial charge in [-0.25, -0.2) is 4.79 Å². The predicted molar refractivity (Wildman–Crippen MR) is 117 cm³/mol. The third kappa shape index (κ3) is 4.62. The second kappa shape index (κ2) is 9.25. The van der Waals surface area contributed by atoms with Crippen LogP contribution in [0, 0.1) is 10.1 Å². The monoisotopic (exact) mass is 464 g/mol. The first kappa shape index (κ1) is 21.8. The van der Waals surface area contributed by atoms with E-state index in [4.69, 9.17) is 27.9 Å². The highest BCUT2D eigenvalue weighted by molar-refractivity contribution is 7.15. The van der Waals surface area contributed by atoms with Gasteiger partial charge in [0.15, 0.2) is 0 Å². The zero-order chi connectivity index (χ0) is 21.8. The molecule has 1 aromatic heterocycles. The number of nitro benzene ring substituents is 1. The summed E-state index contributed by atoms with van der Waals surface area (Å²) in [4.78, 5) is 35.9. The SMILES string of the molecule is CCOC(=O)c1c(-c2cccc([N+](=O)[O-])c2)csc1NC(=O)c1ccc(Cl)c(Cl)c1. The van der Waals surface area contributed by atoms with Gasteiger partial charge in [0.25, 0.3) is 11.6 Å². The highest BCUT2D eigenvalue weighted by Crippen LogP contribution is 2.37. The molecule has 0 spiro atoms.